The van der Waals surface area contributed by atoms with Gasteiger partial charge in [0, 0.05) is 29.9 Å². The molecule has 0 heterocycles. The van der Waals surface area contributed by atoms with Crippen molar-refractivity contribution >= 4 is 11.5 Å². The van der Waals surface area contributed by atoms with Gasteiger partial charge in [-0.2, -0.15) is 0 Å². The molecule has 0 aliphatic rings. The van der Waals surface area contributed by atoms with Crippen molar-refractivity contribution in [2.75, 3.05) is 24.6 Å². The number of ketones is 1. The van der Waals surface area contributed by atoms with Crippen molar-refractivity contribution in [2.24, 2.45) is 0 Å². The standard InChI is InChI=1S/C20H25NO2/c1-5-21(6-2)17-10-13-19(15(4)14-17)20(22)16-8-11-18(12-9-16)23-7-3/h8-14H,5-7H2,1-4H3. The van der Waals surface area contributed by atoms with Crippen molar-refractivity contribution in [3.63, 3.8) is 0 Å². The molecule has 0 N–H and O–H groups in total. The van der Waals surface area contributed by atoms with Gasteiger partial charge in [0.25, 0.3) is 0 Å². The number of aryl methyl sites for hydroxylation is 1. The van der Waals surface area contributed by atoms with Crippen molar-refractivity contribution in [1.29, 1.82) is 0 Å². The Bertz CT molecular complexity index is 658. The third-order valence-corrected chi connectivity index (χ3v) is 4.01. The Hall–Kier alpha value is -2.29. The molecule has 0 fully saturated rings. The molecule has 0 aromatic heterocycles. The largest absolute Gasteiger partial charge is 0.494 e. The van der Waals surface area contributed by atoms with Gasteiger partial charge in [0.2, 0.25) is 0 Å². The van der Waals surface area contributed by atoms with Crippen molar-refractivity contribution in [2.45, 2.75) is 27.7 Å². The van der Waals surface area contributed by atoms with Crippen LogP contribution in [0.15, 0.2) is 42.5 Å². The molecule has 0 saturated heterocycles. The second-order valence-electron chi connectivity index (χ2n) is 5.46. The number of rotatable bonds is 7. The van der Waals surface area contributed by atoms with Crippen LogP contribution in [-0.4, -0.2) is 25.5 Å². The average Bonchev–Trinajstić information content (AvgIpc) is 2.56. The summed E-state index contributed by atoms with van der Waals surface area (Å²) in [7, 11) is 0. The molecule has 2 aromatic carbocycles. The summed E-state index contributed by atoms with van der Waals surface area (Å²) in [5, 5.41) is 0. The molecule has 0 bridgehead atoms. The lowest BCUT2D eigenvalue weighted by Gasteiger charge is -2.22. The first kappa shape index (κ1) is 17.1. The van der Waals surface area contributed by atoms with E-state index in [2.05, 4.69) is 24.8 Å². The Labute approximate surface area is 138 Å². The van der Waals surface area contributed by atoms with E-state index in [1.54, 1.807) is 0 Å². The van der Waals surface area contributed by atoms with Gasteiger partial charge in [0.05, 0.1) is 6.61 Å². The van der Waals surface area contributed by atoms with Crippen LogP contribution in [0, 0.1) is 6.92 Å². The molecule has 3 heteroatoms. The minimum absolute atomic E-state index is 0.0524. The number of hydrogen-bond donors (Lipinski definition) is 0. The summed E-state index contributed by atoms with van der Waals surface area (Å²) in [6, 6.07) is 13.4. The lowest BCUT2D eigenvalue weighted by molar-refractivity contribution is 0.103. The van der Waals surface area contributed by atoms with Gasteiger partial charge in [0.15, 0.2) is 5.78 Å². The molecule has 0 aliphatic heterocycles. The second-order valence-corrected chi connectivity index (χ2v) is 5.46. The molecule has 122 valence electrons. The molecular formula is C20H25NO2. The van der Waals surface area contributed by atoms with Crippen LogP contribution in [0.1, 0.15) is 42.3 Å². The molecule has 3 nitrogen and oxygen atoms in total. The molecule has 0 spiro atoms. The van der Waals surface area contributed by atoms with Crippen molar-refractivity contribution < 1.29 is 9.53 Å². The fourth-order valence-corrected chi connectivity index (χ4v) is 2.71. The van der Waals surface area contributed by atoms with Crippen LogP contribution in [0.4, 0.5) is 5.69 Å². The van der Waals surface area contributed by atoms with Crippen molar-refractivity contribution in [1.82, 2.24) is 0 Å². The highest BCUT2D eigenvalue weighted by Gasteiger charge is 2.13. The maximum Gasteiger partial charge on any atom is 0.193 e. The molecule has 0 atom stereocenters. The first-order valence-electron chi connectivity index (χ1n) is 8.23. The first-order valence-corrected chi connectivity index (χ1v) is 8.23. The quantitative estimate of drug-likeness (QED) is 0.707. The summed E-state index contributed by atoms with van der Waals surface area (Å²) < 4.78 is 5.42. The Morgan fingerprint density at radius 2 is 1.65 bits per heavy atom. The number of nitrogens with zero attached hydrogens (tertiary/aromatic N) is 1. The van der Waals surface area contributed by atoms with Gasteiger partial charge in [0.1, 0.15) is 5.75 Å². The maximum atomic E-state index is 12.7. The smallest absolute Gasteiger partial charge is 0.193 e. The molecule has 0 aliphatic carbocycles. The number of carbonyl (C=O) groups is 1. The highest BCUT2D eigenvalue weighted by Crippen LogP contribution is 2.22. The highest BCUT2D eigenvalue weighted by atomic mass is 16.5. The second kappa shape index (κ2) is 7.82. The fourth-order valence-electron chi connectivity index (χ4n) is 2.71. The van der Waals surface area contributed by atoms with Gasteiger partial charge in [-0.15, -0.1) is 0 Å². The zero-order valence-corrected chi connectivity index (χ0v) is 14.4. The normalized spacial score (nSPS) is 10.4. The van der Waals surface area contributed by atoms with E-state index < -0.39 is 0 Å². The molecule has 0 radical (unpaired) electrons. The summed E-state index contributed by atoms with van der Waals surface area (Å²) in [6.07, 6.45) is 0. The van der Waals surface area contributed by atoms with Gasteiger partial charge in [-0.25, -0.2) is 0 Å². The van der Waals surface area contributed by atoms with E-state index in [9.17, 15) is 4.79 Å². The number of benzene rings is 2. The summed E-state index contributed by atoms with van der Waals surface area (Å²) in [6.45, 7) is 10.8. The summed E-state index contributed by atoms with van der Waals surface area (Å²) in [5.41, 5.74) is 3.61. The maximum absolute atomic E-state index is 12.7. The predicted octanol–water partition coefficient (Wildman–Crippen LogP) is 4.47. The monoisotopic (exact) mass is 311 g/mol. The van der Waals surface area contributed by atoms with Crippen LogP contribution in [0.5, 0.6) is 5.75 Å². The van der Waals surface area contributed by atoms with E-state index in [0.29, 0.717) is 12.2 Å². The van der Waals surface area contributed by atoms with E-state index >= 15 is 0 Å². The van der Waals surface area contributed by atoms with E-state index in [-0.39, 0.29) is 5.78 Å². The van der Waals surface area contributed by atoms with E-state index in [0.717, 1.165) is 35.7 Å². The van der Waals surface area contributed by atoms with Crippen molar-refractivity contribution in [3.05, 3.63) is 59.2 Å². The van der Waals surface area contributed by atoms with Crippen LogP contribution < -0.4 is 9.64 Å². The minimum atomic E-state index is 0.0524. The Balaban J connectivity index is 2.25. The molecule has 0 unspecified atom stereocenters. The summed E-state index contributed by atoms with van der Waals surface area (Å²) in [4.78, 5) is 15.0. The van der Waals surface area contributed by atoms with Crippen LogP contribution in [0.25, 0.3) is 0 Å². The van der Waals surface area contributed by atoms with E-state index in [1.807, 2.05) is 50.2 Å². The predicted molar refractivity (Wildman–Crippen MR) is 95.8 cm³/mol. The topological polar surface area (TPSA) is 29.5 Å². The number of anilines is 1. The highest BCUT2D eigenvalue weighted by molar-refractivity contribution is 6.10. The molecule has 2 rings (SSSR count). The fraction of sp³-hybridized carbons (Fsp3) is 0.350. The molecule has 0 amide bonds. The van der Waals surface area contributed by atoms with Gasteiger partial charge in [-0.1, -0.05) is 0 Å². The molecule has 0 saturated carbocycles. The molecule has 2 aromatic rings. The van der Waals surface area contributed by atoms with Gasteiger partial charge in [-0.3, -0.25) is 4.79 Å². The zero-order chi connectivity index (χ0) is 16.8. The number of carbonyl (C=O) groups excluding carboxylic acids is 1. The lowest BCUT2D eigenvalue weighted by atomic mass is 9.98. The minimum Gasteiger partial charge on any atom is -0.494 e. The van der Waals surface area contributed by atoms with E-state index in [1.165, 1.54) is 0 Å². The van der Waals surface area contributed by atoms with Crippen LogP contribution in [0.2, 0.25) is 0 Å². The Kier molecular flexibility index (Phi) is 5.80. The number of hydrogen-bond acceptors (Lipinski definition) is 3. The lowest BCUT2D eigenvalue weighted by Crippen LogP contribution is -2.22. The van der Waals surface area contributed by atoms with E-state index in [4.69, 9.17) is 4.74 Å². The third kappa shape index (κ3) is 3.92. The number of ether oxygens (including phenoxy) is 1. The zero-order valence-electron chi connectivity index (χ0n) is 14.4. The Morgan fingerprint density at radius 3 is 2.17 bits per heavy atom. The summed E-state index contributed by atoms with van der Waals surface area (Å²) >= 11 is 0. The SMILES string of the molecule is CCOc1ccc(C(=O)c2ccc(N(CC)CC)cc2C)cc1. The van der Waals surface area contributed by atoms with Crippen LogP contribution >= 0.6 is 0 Å². The van der Waals surface area contributed by atoms with Crippen LogP contribution in [-0.2, 0) is 0 Å². The Morgan fingerprint density at radius 1 is 1.00 bits per heavy atom. The summed E-state index contributed by atoms with van der Waals surface area (Å²) in [5.74, 6) is 0.842. The average molecular weight is 311 g/mol. The third-order valence-electron chi connectivity index (χ3n) is 4.01. The molecular weight excluding hydrogens is 286 g/mol. The van der Waals surface area contributed by atoms with Gasteiger partial charge in [-0.05, 0) is 75.7 Å². The first-order chi connectivity index (χ1) is 11.1. The van der Waals surface area contributed by atoms with Crippen LogP contribution in [0.3, 0.4) is 0 Å². The van der Waals surface area contributed by atoms with Gasteiger partial charge >= 0.3 is 0 Å². The van der Waals surface area contributed by atoms with Crippen molar-refractivity contribution in [3.8, 4) is 5.75 Å². The van der Waals surface area contributed by atoms with Gasteiger partial charge < -0.3 is 9.64 Å². The molecule has 23 heavy (non-hydrogen) atoms.